The number of para-hydroxylation sites is 2. The maximum absolute atomic E-state index is 12.5. The molecule has 2 heterocycles. The van der Waals surface area contributed by atoms with E-state index in [0.29, 0.717) is 6.54 Å². The Labute approximate surface area is 177 Å². The Hall–Kier alpha value is -2.83. The van der Waals surface area contributed by atoms with Crippen LogP contribution in [0.1, 0.15) is 18.7 Å². The number of benzene rings is 2. The van der Waals surface area contributed by atoms with Crippen molar-refractivity contribution in [2.45, 2.75) is 13.0 Å². The second-order valence-electron chi connectivity index (χ2n) is 8.06. The van der Waals surface area contributed by atoms with Crippen molar-refractivity contribution in [1.82, 2.24) is 5.32 Å². The lowest BCUT2D eigenvalue weighted by Crippen LogP contribution is -3.28. The molecular formula is C24H31N3O3+2. The van der Waals surface area contributed by atoms with Crippen molar-refractivity contribution in [2.24, 2.45) is 0 Å². The molecule has 6 nitrogen and oxygen atoms in total. The largest absolute Gasteiger partial charge is 0.488 e. The van der Waals surface area contributed by atoms with E-state index in [-0.39, 0.29) is 11.9 Å². The van der Waals surface area contributed by atoms with Crippen molar-refractivity contribution in [3.8, 4) is 5.75 Å². The lowest BCUT2D eigenvalue weighted by Gasteiger charge is -2.29. The van der Waals surface area contributed by atoms with Gasteiger partial charge in [-0.1, -0.05) is 36.4 Å². The number of hydrogen-bond acceptors (Lipinski definition) is 3. The lowest BCUT2D eigenvalue weighted by molar-refractivity contribution is -1.01. The Balaban J connectivity index is 1.17. The minimum absolute atomic E-state index is 0.0776. The Bertz CT molecular complexity index is 915. The molecule has 158 valence electrons. The van der Waals surface area contributed by atoms with Crippen molar-refractivity contribution in [3.63, 3.8) is 0 Å². The van der Waals surface area contributed by atoms with E-state index in [2.05, 4.69) is 5.32 Å². The normalized spacial score (nSPS) is 20.0. The number of nitrogens with one attached hydrogen (secondary N) is 3. The number of carbonyl (C=O) groups is 1. The molecule has 1 fully saturated rings. The topological polar surface area (TPSA) is 60.3 Å². The maximum Gasteiger partial charge on any atom is 0.275 e. The molecule has 1 saturated heterocycles. The summed E-state index contributed by atoms with van der Waals surface area (Å²) in [5.41, 5.74) is 0.856. The predicted molar refractivity (Wildman–Crippen MR) is 116 cm³/mol. The molecular weight excluding hydrogens is 378 g/mol. The van der Waals surface area contributed by atoms with Gasteiger partial charge in [-0.2, -0.15) is 0 Å². The molecule has 30 heavy (non-hydrogen) atoms. The zero-order chi connectivity index (χ0) is 20.8. The first-order valence-electron chi connectivity index (χ1n) is 10.8. The molecule has 6 heteroatoms. The van der Waals surface area contributed by atoms with Crippen molar-refractivity contribution in [3.05, 3.63) is 66.4 Å². The number of carbonyl (C=O) groups excluding carboxylic acids is 1. The molecule has 0 bridgehead atoms. The monoisotopic (exact) mass is 409 g/mol. The second kappa shape index (κ2) is 9.78. The summed E-state index contributed by atoms with van der Waals surface area (Å²) in [5.74, 6) is 1.80. The van der Waals surface area contributed by atoms with Crippen LogP contribution in [0.5, 0.6) is 5.75 Å². The van der Waals surface area contributed by atoms with Gasteiger partial charge in [0.2, 0.25) is 0 Å². The maximum atomic E-state index is 12.5. The van der Waals surface area contributed by atoms with Gasteiger partial charge in [-0.15, -0.1) is 0 Å². The standard InChI is InChI=1S/C24H29N3O3/c1-19(23-17-20-7-5-6-10-22(20)30-23)25-24(28)18-27-13-11-26(12-14-27)15-16-29-21-8-3-2-4-9-21/h2-10,17,19H,11-16,18H2,1H3,(H,25,28)/p+2/t19-/m1/s1. The SMILES string of the molecule is C[C@@H](NC(=O)C[NH+]1CC[NH+](CCOc2ccccc2)CC1)c1cc2ccccc2o1. The van der Waals surface area contributed by atoms with Crippen LogP contribution in [-0.4, -0.2) is 51.8 Å². The van der Waals surface area contributed by atoms with E-state index in [9.17, 15) is 4.79 Å². The molecule has 3 aromatic rings. The molecule has 1 aromatic heterocycles. The van der Waals surface area contributed by atoms with Crippen molar-refractivity contribution < 1.29 is 23.7 Å². The molecule has 2 aromatic carbocycles. The Kier molecular flexibility index (Phi) is 6.67. The Morgan fingerprint density at radius 1 is 1.03 bits per heavy atom. The van der Waals surface area contributed by atoms with Crippen LogP contribution in [0.2, 0.25) is 0 Å². The molecule has 1 aliphatic heterocycles. The van der Waals surface area contributed by atoms with Gasteiger partial charge in [-0.05, 0) is 31.2 Å². The zero-order valence-corrected chi connectivity index (χ0v) is 17.5. The summed E-state index contributed by atoms with van der Waals surface area (Å²) in [4.78, 5) is 15.4. The minimum atomic E-state index is -0.133. The summed E-state index contributed by atoms with van der Waals surface area (Å²) < 4.78 is 11.7. The second-order valence-corrected chi connectivity index (χ2v) is 8.06. The lowest BCUT2D eigenvalue weighted by atomic mass is 10.2. The number of amides is 1. The molecule has 0 aliphatic carbocycles. The van der Waals surface area contributed by atoms with Gasteiger partial charge in [0.05, 0.1) is 6.04 Å². The van der Waals surface area contributed by atoms with Crippen LogP contribution in [-0.2, 0) is 4.79 Å². The highest BCUT2D eigenvalue weighted by atomic mass is 16.5. The molecule has 1 aliphatic rings. The molecule has 3 N–H and O–H groups in total. The van der Waals surface area contributed by atoms with Gasteiger partial charge in [-0.25, -0.2) is 0 Å². The van der Waals surface area contributed by atoms with Gasteiger partial charge in [-0.3, -0.25) is 4.79 Å². The van der Waals surface area contributed by atoms with E-state index in [4.69, 9.17) is 9.15 Å². The van der Waals surface area contributed by atoms with E-state index < -0.39 is 0 Å². The minimum Gasteiger partial charge on any atom is -0.488 e. The van der Waals surface area contributed by atoms with Gasteiger partial charge < -0.3 is 24.3 Å². The van der Waals surface area contributed by atoms with E-state index >= 15 is 0 Å². The average Bonchev–Trinajstić information content (AvgIpc) is 3.20. The van der Waals surface area contributed by atoms with E-state index in [1.807, 2.05) is 67.6 Å². The number of ether oxygens (including phenoxy) is 1. The molecule has 0 radical (unpaired) electrons. The third kappa shape index (κ3) is 5.40. The summed E-state index contributed by atoms with van der Waals surface area (Å²) >= 11 is 0. The number of furan rings is 1. The van der Waals surface area contributed by atoms with Crippen molar-refractivity contribution in [2.75, 3.05) is 45.9 Å². The predicted octanol–water partition coefficient (Wildman–Crippen LogP) is 0.472. The summed E-state index contributed by atoms with van der Waals surface area (Å²) in [5, 5.41) is 4.15. The molecule has 1 amide bonds. The number of fused-ring (bicyclic) bond motifs is 1. The fourth-order valence-corrected chi connectivity index (χ4v) is 4.02. The summed E-state index contributed by atoms with van der Waals surface area (Å²) in [6.07, 6.45) is 0. The molecule has 4 rings (SSSR count). The fourth-order valence-electron chi connectivity index (χ4n) is 4.02. The first kappa shape index (κ1) is 20.4. The van der Waals surface area contributed by atoms with Crippen LogP contribution in [0.25, 0.3) is 11.0 Å². The summed E-state index contributed by atoms with van der Waals surface area (Å²) in [7, 11) is 0. The third-order valence-corrected chi connectivity index (χ3v) is 5.79. The zero-order valence-electron chi connectivity index (χ0n) is 17.5. The van der Waals surface area contributed by atoms with E-state index in [0.717, 1.165) is 61.8 Å². The Morgan fingerprint density at radius 3 is 2.50 bits per heavy atom. The number of rotatable bonds is 8. The van der Waals surface area contributed by atoms with Crippen LogP contribution in [0.3, 0.4) is 0 Å². The molecule has 0 saturated carbocycles. The molecule has 0 spiro atoms. The van der Waals surface area contributed by atoms with Crippen LogP contribution in [0, 0.1) is 0 Å². The summed E-state index contributed by atoms with van der Waals surface area (Å²) in [6, 6.07) is 19.7. The first-order valence-corrected chi connectivity index (χ1v) is 10.8. The summed E-state index contributed by atoms with van der Waals surface area (Å²) in [6.45, 7) is 8.36. The van der Waals surface area contributed by atoms with Gasteiger partial charge in [0.15, 0.2) is 6.54 Å². The van der Waals surface area contributed by atoms with Crippen LogP contribution < -0.4 is 19.9 Å². The smallest absolute Gasteiger partial charge is 0.275 e. The van der Waals surface area contributed by atoms with E-state index in [1.54, 1.807) is 4.90 Å². The highest BCUT2D eigenvalue weighted by Crippen LogP contribution is 2.23. The van der Waals surface area contributed by atoms with Gasteiger partial charge in [0.25, 0.3) is 5.91 Å². The fraction of sp³-hybridized carbons (Fsp3) is 0.375. The van der Waals surface area contributed by atoms with E-state index in [1.165, 1.54) is 4.90 Å². The number of hydrogen-bond donors (Lipinski definition) is 3. The van der Waals surface area contributed by atoms with Gasteiger partial charge in [0.1, 0.15) is 56.4 Å². The van der Waals surface area contributed by atoms with Crippen molar-refractivity contribution in [1.29, 1.82) is 0 Å². The van der Waals surface area contributed by atoms with Crippen LogP contribution in [0.15, 0.2) is 65.1 Å². The quantitative estimate of drug-likeness (QED) is 0.507. The highest BCUT2D eigenvalue weighted by Gasteiger charge is 2.25. The Morgan fingerprint density at radius 2 is 1.73 bits per heavy atom. The van der Waals surface area contributed by atoms with Crippen LogP contribution >= 0.6 is 0 Å². The number of piperazine rings is 1. The molecule has 1 atom stereocenters. The van der Waals surface area contributed by atoms with Gasteiger partial charge in [0, 0.05) is 5.39 Å². The highest BCUT2D eigenvalue weighted by molar-refractivity contribution is 5.79. The first-order chi connectivity index (χ1) is 14.7. The average molecular weight is 410 g/mol. The third-order valence-electron chi connectivity index (χ3n) is 5.79. The number of quaternary nitrogens is 2. The van der Waals surface area contributed by atoms with Crippen molar-refractivity contribution >= 4 is 16.9 Å². The van der Waals surface area contributed by atoms with Gasteiger partial charge >= 0.3 is 0 Å². The van der Waals surface area contributed by atoms with Crippen LogP contribution in [0.4, 0.5) is 0 Å². The molecule has 0 unspecified atom stereocenters.